The summed E-state index contributed by atoms with van der Waals surface area (Å²) in [5, 5.41) is 0.300. The van der Waals surface area contributed by atoms with Gasteiger partial charge in [0.05, 0.1) is 11.9 Å². The first-order chi connectivity index (χ1) is 6.48. The molecule has 4 nitrogen and oxygen atoms in total. The lowest BCUT2D eigenvalue weighted by atomic mass is 9.98. The Bertz CT molecular complexity index is 404. The van der Waals surface area contributed by atoms with Gasteiger partial charge in [-0.05, 0) is 13.8 Å². The van der Waals surface area contributed by atoms with Crippen molar-refractivity contribution in [3.8, 4) is 0 Å². The van der Waals surface area contributed by atoms with Gasteiger partial charge in [-0.3, -0.25) is 0 Å². The van der Waals surface area contributed by atoms with Gasteiger partial charge in [-0.15, -0.1) is 0 Å². The number of hydrogen-bond acceptors (Lipinski definition) is 4. The smallest absolute Gasteiger partial charge is 0.359 e. The fraction of sp³-hybridized carbons (Fsp3) is 0.444. The molecule has 0 aromatic carbocycles. The molecule has 0 bridgehead atoms. The van der Waals surface area contributed by atoms with Crippen molar-refractivity contribution in [2.45, 2.75) is 25.9 Å². The second-order valence-electron chi connectivity index (χ2n) is 3.81. The van der Waals surface area contributed by atoms with Crippen LogP contribution in [-0.2, 0) is 11.2 Å². The normalized spacial score (nSPS) is 18.6. The van der Waals surface area contributed by atoms with Crippen LogP contribution in [0.1, 0.15) is 30.0 Å². The monoisotopic (exact) mass is 212 g/mol. The fourth-order valence-electron chi connectivity index (χ4n) is 1.44. The lowest BCUT2D eigenvalue weighted by Gasteiger charge is -2.29. The van der Waals surface area contributed by atoms with Crippen molar-refractivity contribution in [2.75, 3.05) is 0 Å². The third-order valence-corrected chi connectivity index (χ3v) is 2.15. The topological polar surface area (TPSA) is 52.1 Å². The number of cyclic esters (lactones) is 1. The van der Waals surface area contributed by atoms with Crippen molar-refractivity contribution in [3.63, 3.8) is 0 Å². The maximum atomic E-state index is 11.4. The van der Waals surface area contributed by atoms with E-state index in [1.165, 1.54) is 6.20 Å². The number of rotatable bonds is 0. The van der Waals surface area contributed by atoms with E-state index in [2.05, 4.69) is 9.97 Å². The van der Waals surface area contributed by atoms with Gasteiger partial charge in [0, 0.05) is 6.42 Å². The molecule has 74 valence electrons. The molecule has 2 heterocycles. The van der Waals surface area contributed by atoms with Gasteiger partial charge in [0.1, 0.15) is 10.8 Å². The van der Waals surface area contributed by atoms with E-state index in [0.717, 1.165) is 0 Å². The number of ether oxygens (including phenoxy) is 1. The van der Waals surface area contributed by atoms with Crippen molar-refractivity contribution in [1.82, 2.24) is 9.97 Å². The van der Waals surface area contributed by atoms with Gasteiger partial charge in [0.15, 0.2) is 5.69 Å². The summed E-state index contributed by atoms with van der Waals surface area (Å²) in [7, 11) is 0. The summed E-state index contributed by atoms with van der Waals surface area (Å²) >= 11 is 5.69. The highest BCUT2D eigenvalue weighted by Gasteiger charge is 2.34. The largest absolute Gasteiger partial charge is 0.454 e. The zero-order valence-corrected chi connectivity index (χ0v) is 8.63. The minimum absolute atomic E-state index is 0.272. The van der Waals surface area contributed by atoms with E-state index < -0.39 is 11.6 Å². The first kappa shape index (κ1) is 9.40. The van der Waals surface area contributed by atoms with Crippen LogP contribution in [0.2, 0.25) is 5.15 Å². The highest BCUT2D eigenvalue weighted by Crippen LogP contribution is 2.25. The fourth-order valence-corrected chi connectivity index (χ4v) is 1.59. The van der Waals surface area contributed by atoms with Gasteiger partial charge in [-0.2, -0.15) is 0 Å². The maximum Gasteiger partial charge on any atom is 0.359 e. The highest BCUT2D eigenvalue weighted by atomic mass is 35.5. The van der Waals surface area contributed by atoms with Crippen molar-refractivity contribution < 1.29 is 9.53 Å². The Labute approximate surface area is 86.3 Å². The van der Waals surface area contributed by atoms with Gasteiger partial charge in [0.25, 0.3) is 0 Å². The van der Waals surface area contributed by atoms with Crippen molar-refractivity contribution in [3.05, 3.63) is 22.7 Å². The summed E-state index contributed by atoms with van der Waals surface area (Å²) in [4.78, 5) is 19.4. The van der Waals surface area contributed by atoms with Crippen LogP contribution < -0.4 is 0 Å². The molecule has 0 amide bonds. The number of esters is 1. The first-order valence-corrected chi connectivity index (χ1v) is 4.60. The molecule has 14 heavy (non-hydrogen) atoms. The molecular formula is C9H9ClN2O2. The van der Waals surface area contributed by atoms with E-state index in [4.69, 9.17) is 16.3 Å². The molecule has 1 aliphatic rings. The Balaban J connectivity index is 2.51. The average Bonchev–Trinajstić information content (AvgIpc) is 2.00. The van der Waals surface area contributed by atoms with Crippen LogP contribution in [0, 0.1) is 0 Å². The summed E-state index contributed by atoms with van der Waals surface area (Å²) in [5.41, 5.74) is 0.358. The van der Waals surface area contributed by atoms with E-state index in [-0.39, 0.29) is 5.69 Å². The predicted molar refractivity (Wildman–Crippen MR) is 50.2 cm³/mol. The van der Waals surface area contributed by atoms with Crippen LogP contribution in [-0.4, -0.2) is 21.5 Å². The van der Waals surface area contributed by atoms with Gasteiger partial charge in [-0.25, -0.2) is 14.8 Å². The molecule has 0 saturated heterocycles. The van der Waals surface area contributed by atoms with Gasteiger partial charge < -0.3 is 4.74 Å². The summed E-state index contributed by atoms with van der Waals surface area (Å²) in [6, 6.07) is 0. The number of carbonyl (C=O) groups is 1. The van der Waals surface area contributed by atoms with Crippen LogP contribution >= 0.6 is 11.6 Å². The van der Waals surface area contributed by atoms with Crippen LogP contribution in [0.4, 0.5) is 0 Å². The molecule has 0 unspecified atom stereocenters. The van der Waals surface area contributed by atoms with Gasteiger partial charge >= 0.3 is 5.97 Å². The number of aromatic nitrogens is 2. The summed E-state index contributed by atoms with van der Waals surface area (Å²) in [6.07, 6.45) is 1.89. The zero-order valence-electron chi connectivity index (χ0n) is 7.87. The number of fused-ring (bicyclic) bond motifs is 1. The Morgan fingerprint density at radius 1 is 1.57 bits per heavy atom. The Hall–Kier alpha value is -1.16. The average molecular weight is 213 g/mol. The molecule has 0 fully saturated rings. The van der Waals surface area contributed by atoms with E-state index in [0.29, 0.717) is 17.3 Å². The van der Waals surface area contributed by atoms with Crippen molar-refractivity contribution >= 4 is 17.6 Å². The first-order valence-electron chi connectivity index (χ1n) is 4.23. The van der Waals surface area contributed by atoms with Gasteiger partial charge in [-0.1, -0.05) is 11.6 Å². The Kier molecular flexibility index (Phi) is 1.96. The third-order valence-electron chi connectivity index (χ3n) is 1.97. The predicted octanol–water partition coefficient (Wildman–Crippen LogP) is 1.62. The Morgan fingerprint density at radius 2 is 2.29 bits per heavy atom. The van der Waals surface area contributed by atoms with Crippen molar-refractivity contribution in [2.24, 2.45) is 0 Å². The molecule has 1 aliphatic heterocycles. The van der Waals surface area contributed by atoms with Crippen LogP contribution in [0.5, 0.6) is 0 Å². The minimum atomic E-state index is -0.524. The van der Waals surface area contributed by atoms with Gasteiger partial charge in [0.2, 0.25) is 0 Å². The highest BCUT2D eigenvalue weighted by molar-refractivity contribution is 6.29. The van der Waals surface area contributed by atoms with E-state index in [1.54, 1.807) is 0 Å². The lowest BCUT2D eigenvalue weighted by Crippen LogP contribution is -2.37. The van der Waals surface area contributed by atoms with Crippen LogP contribution in [0.15, 0.2) is 6.20 Å². The minimum Gasteiger partial charge on any atom is -0.454 e. The third kappa shape index (κ3) is 1.57. The van der Waals surface area contributed by atoms with E-state index in [1.807, 2.05) is 13.8 Å². The quantitative estimate of drug-likeness (QED) is 0.614. The molecule has 5 heteroatoms. The molecule has 0 spiro atoms. The second-order valence-corrected chi connectivity index (χ2v) is 4.20. The summed E-state index contributed by atoms with van der Waals surface area (Å²) < 4.78 is 5.16. The molecule has 1 aromatic heterocycles. The Morgan fingerprint density at radius 3 is 3.00 bits per heavy atom. The molecule has 0 aliphatic carbocycles. The molecular weight excluding hydrogens is 204 g/mol. The summed E-state index contributed by atoms with van der Waals surface area (Å²) in [6.45, 7) is 3.66. The van der Waals surface area contributed by atoms with Crippen molar-refractivity contribution in [1.29, 1.82) is 0 Å². The molecule has 0 radical (unpaired) electrons. The molecule has 0 atom stereocenters. The van der Waals surface area contributed by atoms with E-state index >= 15 is 0 Å². The molecule has 0 saturated carbocycles. The SMILES string of the molecule is CC1(C)Cc2nc(Cl)cnc2C(=O)O1. The number of carbonyl (C=O) groups excluding carboxylic acids is 1. The maximum absolute atomic E-state index is 11.4. The zero-order chi connectivity index (χ0) is 10.3. The molecule has 2 rings (SSSR count). The molecule has 0 N–H and O–H groups in total. The van der Waals surface area contributed by atoms with Crippen LogP contribution in [0.25, 0.3) is 0 Å². The number of hydrogen-bond donors (Lipinski definition) is 0. The van der Waals surface area contributed by atoms with E-state index in [9.17, 15) is 4.79 Å². The number of halogens is 1. The van der Waals surface area contributed by atoms with Crippen LogP contribution in [0.3, 0.4) is 0 Å². The number of nitrogens with zero attached hydrogens (tertiary/aromatic N) is 2. The summed E-state index contributed by atoms with van der Waals surface area (Å²) in [5.74, 6) is -0.430. The lowest BCUT2D eigenvalue weighted by molar-refractivity contribution is -0.00814. The standard InChI is InChI=1S/C9H9ClN2O2/c1-9(2)3-5-7(8(13)14-9)11-4-6(10)12-5/h4H,3H2,1-2H3. The molecule has 1 aromatic rings. The second kappa shape index (κ2) is 2.92.